The first-order valence-corrected chi connectivity index (χ1v) is 12.6. The van der Waals surface area contributed by atoms with Crippen LogP contribution in [0.5, 0.6) is 0 Å². The largest absolute Gasteiger partial charge is 0.478 e. The number of thioether (sulfide) groups is 1. The van der Waals surface area contributed by atoms with Crippen LogP contribution in [0.1, 0.15) is 27.9 Å². The van der Waals surface area contributed by atoms with Crippen LogP contribution in [0.3, 0.4) is 0 Å². The molecule has 1 unspecified atom stereocenters. The molecule has 1 aliphatic rings. The second-order valence-corrected chi connectivity index (χ2v) is 9.54. The second kappa shape index (κ2) is 12.2. The van der Waals surface area contributed by atoms with Gasteiger partial charge >= 0.3 is 5.97 Å². The third-order valence-corrected chi connectivity index (χ3v) is 6.99. The highest BCUT2D eigenvalue weighted by Gasteiger charge is 2.35. The maximum absolute atomic E-state index is 13.1. The van der Waals surface area contributed by atoms with E-state index in [1.807, 2.05) is 60.7 Å². The fourth-order valence-electron chi connectivity index (χ4n) is 3.86. The van der Waals surface area contributed by atoms with Gasteiger partial charge in [-0.1, -0.05) is 78.5 Å². The molecule has 7 nitrogen and oxygen atoms in total. The number of carboxylic acids is 1. The Morgan fingerprint density at radius 2 is 1.61 bits per heavy atom. The van der Waals surface area contributed by atoms with E-state index in [0.29, 0.717) is 30.4 Å². The number of hydrogen-bond acceptors (Lipinski definition) is 5. The van der Waals surface area contributed by atoms with Crippen LogP contribution >= 0.6 is 11.8 Å². The summed E-state index contributed by atoms with van der Waals surface area (Å²) in [5.74, 6) is -1.58. The second-order valence-electron chi connectivity index (χ2n) is 8.37. The van der Waals surface area contributed by atoms with Gasteiger partial charge in [-0.25, -0.2) is 4.79 Å². The van der Waals surface area contributed by atoms with Crippen LogP contribution < -0.4 is 5.32 Å². The van der Waals surface area contributed by atoms with Gasteiger partial charge in [-0.05, 0) is 42.2 Å². The number of anilines is 1. The van der Waals surface area contributed by atoms with E-state index < -0.39 is 11.2 Å². The van der Waals surface area contributed by atoms with Gasteiger partial charge in [0.05, 0.1) is 5.56 Å². The fourth-order valence-corrected chi connectivity index (χ4v) is 4.99. The first-order valence-electron chi connectivity index (χ1n) is 11.7. The highest BCUT2D eigenvalue weighted by atomic mass is 32.2. The number of carbonyl (C=O) groups is 3. The van der Waals surface area contributed by atoms with Crippen molar-refractivity contribution >= 4 is 40.4 Å². The van der Waals surface area contributed by atoms with Crippen molar-refractivity contribution in [2.24, 2.45) is 4.99 Å². The van der Waals surface area contributed by atoms with Gasteiger partial charge in [0.25, 0.3) is 0 Å². The van der Waals surface area contributed by atoms with Crippen molar-refractivity contribution in [2.45, 2.75) is 24.5 Å². The molecule has 1 atom stereocenters. The third-order valence-electron chi connectivity index (χ3n) is 5.77. The lowest BCUT2D eigenvalue weighted by molar-refractivity contribution is -0.129. The lowest BCUT2D eigenvalue weighted by Gasteiger charge is -2.32. The topological polar surface area (TPSA) is 99.1 Å². The molecular formula is C28H27N3O4S. The predicted octanol–water partition coefficient (Wildman–Crippen LogP) is 4.50. The van der Waals surface area contributed by atoms with Crippen LogP contribution in [-0.2, 0) is 22.4 Å². The van der Waals surface area contributed by atoms with E-state index in [1.54, 1.807) is 17.0 Å². The minimum atomic E-state index is -1.07. The monoisotopic (exact) mass is 501 g/mol. The Balaban J connectivity index is 1.48. The molecule has 1 fully saturated rings. The maximum atomic E-state index is 13.1. The van der Waals surface area contributed by atoms with E-state index in [9.17, 15) is 19.5 Å². The standard InChI is InChI=1S/C28H27N3O4S/c32-25-19-24(26(33)30-23-13-7-12-22(18-23)27(34)35)36-28(29-16-14-20-8-3-1-4-9-20)31(25)17-15-21-10-5-2-6-11-21/h1-13,18,24H,14-17,19H2,(H,30,33)(H,34,35). The maximum Gasteiger partial charge on any atom is 0.335 e. The van der Waals surface area contributed by atoms with Gasteiger partial charge in [0.15, 0.2) is 5.17 Å². The van der Waals surface area contributed by atoms with E-state index in [-0.39, 0.29) is 23.8 Å². The summed E-state index contributed by atoms with van der Waals surface area (Å²) in [6.07, 6.45) is 1.45. The molecule has 0 bridgehead atoms. The van der Waals surface area contributed by atoms with Crippen LogP contribution in [-0.4, -0.2) is 51.3 Å². The molecule has 184 valence electrons. The molecule has 1 aliphatic heterocycles. The van der Waals surface area contributed by atoms with E-state index in [4.69, 9.17) is 4.99 Å². The Morgan fingerprint density at radius 3 is 2.28 bits per heavy atom. The summed E-state index contributed by atoms with van der Waals surface area (Å²) in [4.78, 5) is 43.8. The highest BCUT2D eigenvalue weighted by Crippen LogP contribution is 2.28. The highest BCUT2D eigenvalue weighted by molar-refractivity contribution is 8.15. The number of carbonyl (C=O) groups excluding carboxylic acids is 2. The fraction of sp³-hybridized carbons (Fsp3) is 0.214. The van der Waals surface area contributed by atoms with Crippen LogP contribution in [0.15, 0.2) is 89.9 Å². The van der Waals surface area contributed by atoms with Crippen molar-refractivity contribution in [1.29, 1.82) is 0 Å². The van der Waals surface area contributed by atoms with Gasteiger partial charge < -0.3 is 10.4 Å². The zero-order chi connectivity index (χ0) is 25.3. The number of nitrogens with one attached hydrogen (secondary N) is 1. The first-order chi connectivity index (χ1) is 17.5. The van der Waals surface area contributed by atoms with Crippen LogP contribution in [0, 0.1) is 0 Å². The smallest absolute Gasteiger partial charge is 0.335 e. The molecule has 0 radical (unpaired) electrons. The molecule has 1 saturated heterocycles. The minimum Gasteiger partial charge on any atom is -0.478 e. The SMILES string of the molecule is O=C(O)c1cccc(NC(=O)C2CC(=O)N(CCc3ccccc3)C(=NCCc3ccccc3)S2)c1. The lowest BCUT2D eigenvalue weighted by Crippen LogP contribution is -2.46. The number of aromatic carboxylic acids is 1. The van der Waals surface area contributed by atoms with Crippen molar-refractivity contribution < 1.29 is 19.5 Å². The molecule has 8 heteroatoms. The number of hydrogen-bond donors (Lipinski definition) is 2. The van der Waals surface area contributed by atoms with Crippen LogP contribution in [0.4, 0.5) is 5.69 Å². The number of nitrogens with zero attached hydrogens (tertiary/aromatic N) is 2. The van der Waals surface area contributed by atoms with E-state index in [2.05, 4.69) is 5.32 Å². The zero-order valence-electron chi connectivity index (χ0n) is 19.7. The summed E-state index contributed by atoms with van der Waals surface area (Å²) < 4.78 is 0. The average molecular weight is 502 g/mol. The van der Waals surface area contributed by atoms with Gasteiger partial charge in [0.1, 0.15) is 5.25 Å². The molecule has 4 rings (SSSR count). The number of carboxylic acid groups (broad SMARTS) is 1. The molecule has 0 aromatic heterocycles. The molecule has 3 aromatic carbocycles. The summed E-state index contributed by atoms with van der Waals surface area (Å²) in [6.45, 7) is 0.978. The normalized spacial score (nSPS) is 16.7. The summed E-state index contributed by atoms with van der Waals surface area (Å²) in [6, 6.07) is 26.0. The molecule has 1 heterocycles. The predicted molar refractivity (Wildman–Crippen MR) is 142 cm³/mol. The number of amidine groups is 1. The van der Waals surface area contributed by atoms with Gasteiger partial charge in [0, 0.05) is 25.2 Å². The molecule has 36 heavy (non-hydrogen) atoms. The van der Waals surface area contributed by atoms with Crippen molar-refractivity contribution in [2.75, 3.05) is 18.4 Å². The van der Waals surface area contributed by atoms with Crippen molar-refractivity contribution in [1.82, 2.24) is 4.90 Å². The number of benzene rings is 3. The molecule has 0 spiro atoms. The van der Waals surface area contributed by atoms with E-state index >= 15 is 0 Å². The Hall–Kier alpha value is -3.91. The van der Waals surface area contributed by atoms with Crippen molar-refractivity contribution in [3.05, 3.63) is 102 Å². The molecule has 2 N–H and O–H groups in total. The van der Waals surface area contributed by atoms with Gasteiger partial charge in [-0.15, -0.1) is 0 Å². The van der Waals surface area contributed by atoms with Crippen LogP contribution in [0.2, 0.25) is 0 Å². The Bertz CT molecular complexity index is 1250. The average Bonchev–Trinajstić information content (AvgIpc) is 2.89. The minimum absolute atomic E-state index is 0.0433. The summed E-state index contributed by atoms with van der Waals surface area (Å²) in [5, 5.41) is 11.8. The zero-order valence-corrected chi connectivity index (χ0v) is 20.5. The molecule has 0 saturated carbocycles. The van der Waals surface area contributed by atoms with Gasteiger partial charge in [0.2, 0.25) is 11.8 Å². The van der Waals surface area contributed by atoms with Gasteiger partial charge in [-0.3, -0.25) is 19.5 Å². The van der Waals surface area contributed by atoms with Crippen molar-refractivity contribution in [3.8, 4) is 0 Å². The van der Waals surface area contributed by atoms with Gasteiger partial charge in [-0.2, -0.15) is 0 Å². The summed E-state index contributed by atoms with van der Waals surface area (Å²) in [7, 11) is 0. The van der Waals surface area contributed by atoms with E-state index in [0.717, 1.165) is 17.5 Å². The number of rotatable bonds is 9. The first kappa shape index (κ1) is 25.2. The van der Waals surface area contributed by atoms with Crippen LogP contribution in [0.25, 0.3) is 0 Å². The molecule has 0 aliphatic carbocycles. The Labute approximate surface area is 214 Å². The number of aliphatic imine (C=N–C) groups is 1. The molecule has 3 aromatic rings. The lowest BCUT2D eigenvalue weighted by atomic mass is 10.1. The van der Waals surface area contributed by atoms with E-state index in [1.165, 1.54) is 23.9 Å². The Kier molecular flexibility index (Phi) is 8.52. The summed E-state index contributed by atoms with van der Waals surface area (Å²) >= 11 is 1.28. The molecular weight excluding hydrogens is 474 g/mol. The summed E-state index contributed by atoms with van der Waals surface area (Å²) in [5.41, 5.74) is 2.73. The Morgan fingerprint density at radius 1 is 0.944 bits per heavy atom. The third kappa shape index (κ3) is 6.82. The van der Waals surface area contributed by atoms with Crippen molar-refractivity contribution in [3.63, 3.8) is 0 Å². The quantitative estimate of drug-likeness (QED) is 0.450. The molecule has 2 amide bonds. The number of amides is 2.